The first-order valence-electron chi connectivity index (χ1n) is 10.9. The Hall–Kier alpha value is -2.71. The van der Waals surface area contributed by atoms with Gasteiger partial charge in [0.05, 0.1) is 30.6 Å². The normalized spacial score (nSPS) is 25.5. The van der Waals surface area contributed by atoms with Gasteiger partial charge in [0.25, 0.3) is 0 Å². The number of halogens is 1. The summed E-state index contributed by atoms with van der Waals surface area (Å²) in [6, 6.07) is 10.5. The number of fused-ring (bicyclic) bond motifs is 1. The second-order valence-corrected chi connectivity index (χ2v) is 8.98. The molecule has 2 saturated heterocycles. The fourth-order valence-corrected chi connectivity index (χ4v) is 5.05. The van der Waals surface area contributed by atoms with Crippen LogP contribution in [-0.2, 0) is 4.74 Å². The van der Waals surface area contributed by atoms with Gasteiger partial charge in [-0.2, -0.15) is 0 Å². The molecule has 1 aromatic carbocycles. The van der Waals surface area contributed by atoms with Gasteiger partial charge < -0.3 is 15.4 Å². The molecule has 5 rings (SSSR count). The molecular formula is C23H28FN5O2. The number of amides is 2. The monoisotopic (exact) mass is 425 g/mol. The van der Waals surface area contributed by atoms with E-state index in [1.165, 1.54) is 12.1 Å². The second-order valence-electron chi connectivity index (χ2n) is 8.98. The maximum Gasteiger partial charge on any atom is 0.323 e. The van der Waals surface area contributed by atoms with Crippen molar-refractivity contribution in [2.45, 2.75) is 24.9 Å². The lowest BCUT2D eigenvalue weighted by Crippen LogP contribution is -2.51. The standard InChI is InChI=1S/C23H28FN5O2/c1-28(19-12-31-13-19)18-8-15-10-29(11-16(15)9-18)23(30)27-22-20(25)6-7-21(26-22)14-2-4-17(24)5-3-14/h2-7,15-16,18-19H,8-13,25H2,1H3,(H,26,27,30). The van der Waals surface area contributed by atoms with Gasteiger partial charge in [-0.3, -0.25) is 10.2 Å². The molecule has 3 aliphatic rings. The Morgan fingerprint density at radius 2 is 1.81 bits per heavy atom. The molecule has 0 radical (unpaired) electrons. The predicted molar refractivity (Wildman–Crippen MR) is 117 cm³/mol. The summed E-state index contributed by atoms with van der Waals surface area (Å²) < 4.78 is 18.5. The molecule has 2 atom stereocenters. The number of hydrogen-bond acceptors (Lipinski definition) is 5. The highest BCUT2D eigenvalue weighted by Crippen LogP contribution is 2.41. The molecule has 2 amide bonds. The van der Waals surface area contributed by atoms with Crippen LogP contribution >= 0.6 is 0 Å². The molecule has 3 heterocycles. The summed E-state index contributed by atoms with van der Waals surface area (Å²) in [4.78, 5) is 21.8. The summed E-state index contributed by atoms with van der Waals surface area (Å²) in [5, 5.41) is 2.88. The van der Waals surface area contributed by atoms with Crippen molar-refractivity contribution in [1.29, 1.82) is 0 Å². The van der Waals surface area contributed by atoms with Gasteiger partial charge in [-0.25, -0.2) is 14.2 Å². The Kier molecular flexibility index (Phi) is 5.27. The van der Waals surface area contributed by atoms with Crippen molar-refractivity contribution < 1.29 is 13.9 Å². The molecule has 164 valence electrons. The Morgan fingerprint density at radius 3 is 2.42 bits per heavy atom. The lowest BCUT2D eigenvalue weighted by molar-refractivity contribution is -0.0694. The van der Waals surface area contributed by atoms with Crippen LogP contribution in [0.4, 0.5) is 20.7 Å². The van der Waals surface area contributed by atoms with Gasteiger partial charge in [-0.15, -0.1) is 0 Å². The summed E-state index contributed by atoms with van der Waals surface area (Å²) in [7, 11) is 2.20. The number of likely N-dealkylation sites (N-methyl/N-ethyl adjacent to an activating group) is 1. The number of likely N-dealkylation sites (tertiary alicyclic amines) is 1. The lowest BCUT2D eigenvalue weighted by atomic mass is 10.0. The number of ether oxygens (including phenoxy) is 1. The first kappa shape index (κ1) is 20.2. The van der Waals surface area contributed by atoms with Gasteiger partial charge in [0.2, 0.25) is 0 Å². The number of nitrogen functional groups attached to an aromatic ring is 1. The number of hydrogen-bond donors (Lipinski definition) is 2. The van der Waals surface area contributed by atoms with Crippen molar-refractivity contribution in [2.24, 2.45) is 11.8 Å². The van der Waals surface area contributed by atoms with Crippen molar-refractivity contribution >= 4 is 17.5 Å². The first-order valence-corrected chi connectivity index (χ1v) is 10.9. The summed E-state index contributed by atoms with van der Waals surface area (Å²) in [5.74, 6) is 1.11. The van der Waals surface area contributed by atoms with Crippen molar-refractivity contribution in [1.82, 2.24) is 14.8 Å². The average molecular weight is 426 g/mol. The molecule has 3 N–H and O–H groups in total. The van der Waals surface area contributed by atoms with E-state index < -0.39 is 0 Å². The smallest absolute Gasteiger partial charge is 0.323 e. The van der Waals surface area contributed by atoms with Crippen LogP contribution in [0.1, 0.15) is 12.8 Å². The van der Waals surface area contributed by atoms with Gasteiger partial charge >= 0.3 is 6.03 Å². The Balaban J connectivity index is 1.21. The fraction of sp³-hybridized carbons (Fsp3) is 0.478. The first-order chi connectivity index (χ1) is 15.0. The third kappa shape index (κ3) is 3.97. The molecule has 7 nitrogen and oxygen atoms in total. The number of carbonyl (C=O) groups is 1. The number of nitrogens with one attached hydrogen (secondary N) is 1. The number of pyridine rings is 1. The number of aromatic nitrogens is 1. The number of urea groups is 1. The zero-order valence-electron chi connectivity index (χ0n) is 17.6. The molecule has 1 saturated carbocycles. The van der Waals surface area contributed by atoms with E-state index in [-0.39, 0.29) is 11.8 Å². The molecule has 8 heteroatoms. The molecule has 2 aliphatic heterocycles. The van der Waals surface area contributed by atoms with Crippen LogP contribution in [0.5, 0.6) is 0 Å². The maximum absolute atomic E-state index is 13.2. The van der Waals surface area contributed by atoms with Crippen molar-refractivity contribution in [3.63, 3.8) is 0 Å². The zero-order chi connectivity index (χ0) is 21.5. The van der Waals surface area contributed by atoms with Crippen molar-refractivity contribution in [2.75, 3.05) is 44.4 Å². The van der Waals surface area contributed by atoms with Crippen LogP contribution < -0.4 is 11.1 Å². The number of carbonyl (C=O) groups excluding carboxylic acids is 1. The number of anilines is 2. The van der Waals surface area contributed by atoms with Gasteiger partial charge in [0, 0.05) is 24.7 Å². The van der Waals surface area contributed by atoms with Crippen LogP contribution in [0, 0.1) is 17.7 Å². The van der Waals surface area contributed by atoms with E-state index in [2.05, 4.69) is 22.2 Å². The predicted octanol–water partition coefficient (Wildman–Crippen LogP) is 3.04. The third-order valence-electron chi connectivity index (χ3n) is 7.08. The van der Waals surface area contributed by atoms with Crippen LogP contribution in [0.2, 0.25) is 0 Å². The van der Waals surface area contributed by atoms with Crippen LogP contribution in [0.15, 0.2) is 36.4 Å². The molecule has 1 aliphatic carbocycles. The van der Waals surface area contributed by atoms with Crippen LogP contribution in [0.25, 0.3) is 11.3 Å². The van der Waals surface area contributed by atoms with Gasteiger partial charge in [0.15, 0.2) is 5.82 Å². The molecule has 3 fully saturated rings. The summed E-state index contributed by atoms with van der Waals surface area (Å²) in [5.41, 5.74) is 7.86. The number of rotatable bonds is 4. The second kappa shape index (κ2) is 8.09. The molecule has 2 aromatic rings. The Labute approximate surface area is 181 Å². The third-order valence-corrected chi connectivity index (χ3v) is 7.08. The highest BCUT2D eigenvalue weighted by atomic mass is 19.1. The van der Waals surface area contributed by atoms with E-state index in [4.69, 9.17) is 10.5 Å². The van der Waals surface area contributed by atoms with E-state index in [1.807, 2.05) is 4.90 Å². The number of nitrogens with zero attached hydrogens (tertiary/aromatic N) is 3. The summed E-state index contributed by atoms with van der Waals surface area (Å²) in [6.45, 7) is 3.20. The van der Waals surface area contributed by atoms with Crippen LogP contribution in [-0.4, -0.2) is 66.2 Å². The van der Waals surface area contributed by atoms with Crippen molar-refractivity contribution in [3.05, 3.63) is 42.2 Å². The molecule has 0 bridgehead atoms. The van der Waals surface area contributed by atoms with E-state index >= 15 is 0 Å². The zero-order valence-corrected chi connectivity index (χ0v) is 17.6. The Morgan fingerprint density at radius 1 is 1.13 bits per heavy atom. The van der Waals surface area contributed by atoms with Gasteiger partial charge in [-0.1, -0.05) is 0 Å². The lowest BCUT2D eigenvalue weighted by Gasteiger charge is -2.38. The fourth-order valence-electron chi connectivity index (χ4n) is 5.05. The number of nitrogens with two attached hydrogens (primary N) is 1. The Bertz CT molecular complexity index is 951. The highest BCUT2D eigenvalue weighted by Gasteiger charge is 2.45. The average Bonchev–Trinajstić information content (AvgIpc) is 3.28. The summed E-state index contributed by atoms with van der Waals surface area (Å²) in [6.07, 6.45) is 2.25. The molecule has 0 spiro atoms. The SMILES string of the molecule is CN(C1COC1)C1CC2CN(C(=O)Nc3nc(-c4ccc(F)cc4)ccc3N)CC2C1. The minimum absolute atomic E-state index is 0.165. The topological polar surface area (TPSA) is 83.7 Å². The molecule has 1 aromatic heterocycles. The van der Waals surface area contributed by atoms with E-state index in [1.54, 1.807) is 24.3 Å². The maximum atomic E-state index is 13.2. The van der Waals surface area contributed by atoms with Crippen molar-refractivity contribution in [3.8, 4) is 11.3 Å². The molecule has 2 unspecified atom stereocenters. The van der Waals surface area contributed by atoms with Crippen LogP contribution in [0.3, 0.4) is 0 Å². The quantitative estimate of drug-likeness (QED) is 0.787. The largest absolute Gasteiger partial charge is 0.396 e. The minimum atomic E-state index is -0.304. The number of benzene rings is 1. The van der Waals surface area contributed by atoms with E-state index in [9.17, 15) is 9.18 Å². The van der Waals surface area contributed by atoms with Gasteiger partial charge in [0.1, 0.15) is 5.82 Å². The highest BCUT2D eigenvalue weighted by molar-refractivity contribution is 5.92. The molecular weight excluding hydrogens is 397 g/mol. The minimum Gasteiger partial charge on any atom is -0.396 e. The van der Waals surface area contributed by atoms with Gasteiger partial charge in [-0.05, 0) is 68.1 Å². The van der Waals surface area contributed by atoms with E-state index in [0.29, 0.717) is 41.1 Å². The molecule has 31 heavy (non-hydrogen) atoms. The summed E-state index contributed by atoms with van der Waals surface area (Å²) >= 11 is 0. The van der Waals surface area contributed by atoms with E-state index in [0.717, 1.165) is 44.7 Å².